The molecule has 1 aromatic rings. The summed E-state index contributed by atoms with van der Waals surface area (Å²) in [6.45, 7) is 2.08. The number of ether oxygens (including phenoxy) is 1. The highest BCUT2D eigenvalue weighted by Crippen LogP contribution is 2.18. The molecular formula is C14H17NO2. The van der Waals surface area contributed by atoms with Crippen LogP contribution in [0.25, 0.3) is 0 Å². The number of nitriles is 1. The Morgan fingerprint density at radius 2 is 2.29 bits per heavy atom. The molecule has 0 radical (unpaired) electrons. The van der Waals surface area contributed by atoms with Crippen molar-refractivity contribution >= 4 is 5.78 Å². The quantitative estimate of drug-likeness (QED) is 0.755. The van der Waals surface area contributed by atoms with Crippen LogP contribution < -0.4 is 0 Å². The average Bonchev–Trinajstić information content (AvgIpc) is 2.31. The molecule has 1 atom stereocenters. The molecule has 1 rings (SSSR count). The van der Waals surface area contributed by atoms with E-state index in [1.54, 1.807) is 0 Å². The van der Waals surface area contributed by atoms with Gasteiger partial charge < -0.3 is 4.74 Å². The number of Topliss-reactive ketones (excluding diaryl/α,β-unsaturated/α-hetero) is 1. The predicted octanol–water partition coefficient (Wildman–Crippen LogP) is 2.46. The maximum absolute atomic E-state index is 11.7. The molecule has 0 amide bonds. The van der Waals surface area contributed by atoms with Crippen molar-refractivity contribution in [2.75, 3.05) is 13.7 Å². The Balaban J connectivity index is 2.92. The summed E-state index contributed by atoms with van der Waals surface area (Å²) in [4.78, 5) is 11.7. The third-order valence-electron chi connectivity index (χ3n) is 2.56. The number of hydrogen-bond donors (Lipinski definition) is 0. The second kappa shape index (κ2) is 6.82. The van der Waals surface area contributed by atoms with Crippen LogP contribution in [0.5, 0.6) is 0 Å². The van der Waals surface area contributed by atoms with Crippen LogP contribution in [0, 0.1) is 11.3 Å². The fourth-order valence-electron chi connectivity index (χ4n) is 1.77. The number of nitrogens with zero attached hydrogens (tertiary/aromatic N) is 1. The fraction of sp³-hybridized carbons (Fsp3) is 0.429. The molecule has 0 aliphatic rings. The van der Waals surface area contributed by atoms with Gasteiger partial charge in [-0.05, 0) is 17.5 Å². The zero-order valence-corrected chi connectivity index (χ0v) is 10.3. The first-order valence-corrected chi connectivity index (χ1v) is 5.73. The van der Waals surface area contributed by atoms with E-state index in [4.69, 9.17) is 10.00 Å². The van der Waals surface area contributed by atoms with Gasteiger partial charge in [0.05, 0.1) is 6.07 Å². The largest absolute Gasteiger partial charge is 0.377 e. The molecule has 0 saturated carbocycles. The van der Waals surface area contributed by atoms with Crippen LogP contribution in [0.4, 0.5) is 0 Å². The lowest BCUT2D eigenvalue weighted by Gasteiger charge is -2.09. The molecule has 1 aromatic carbocycles. The summed E-state index contributed by atoms with van der Waals surface area (Å²) in [5.41, 5.74) is 1.93. The van der Waals surface area contributed by atoms with E-state index in [9.17, 15) is 4.79 Å². The van der Waals surface area contributed by atoms with Crippen LogP contribution in [-0.2, 0) is 16.0 Å². The lowest BCUT2D eigenvalue weighted by atomic mass is 9.94. The summed E-state index contributed by atoms with van der Waals surface area (Å²) < 4.78 is 4.78. The van der Waals surface area contributed by atoms with Crippen molar-refractivity contribution in [2.45, 2.75) is 25.7 Å². The summed E-state index contributed by atoms with van der Waals surface area (Å²) in [7, 11) is 1.46. The first-order chi connectivity index (χ1) is 8.22. The molecule has 0 saturated heterocycles. The molecule has 0 aromatic heterocycles. The second-order valence-corrected chi connectivity index (χ2v) is 3.96. The van der Waals surface area contributed by atoms with Crippen molar-refractivity contribution in [1.82, 2.24) is 0 Å². The topological polar surface area (TPSA) is 50.1 Å². The number of ketones is 1. The van der Waals surface area contributed by atoms with E-state index >= 15 is 0 Å². The Morgan fingerprint density at radius 1 is 1.53 bits per heavy atom. The van der Waals surface area contributed by atoms with Crippen LogP contribution in [0.3, 0.4) is 0 Å². The normalized spacial score (nSPS) is 11.8. The molecule has 0 fully saturated rings. The van der Waals surface area contributed by atoms with E-state index in [0.717, 1.165) is 24.0 Å². The predicted molar refractivity (Wildman–Crippen MR) is 65.7 cm³/mol. The monoisotopic (exact) mass is 231 g/mol. The van der Waals surface area contributed by atoms with Gasteiger partial charge in [-0.1, -0.05) is 37.6 Å². The molecule has 17 heavy (non-hydrogen) atoms. The van der Waals surface area contributed by atoms with E-state index in [1.165, 1.54) is 7.11 Å². The number of rotatable bonds is 6. The van der Waals surface area contributed by atoms with Gasteiger partial charge in [0.2, 0.25) is 0 Å². The maximum atomic E-state index is 11.7. The van der Waals surface area contributed by atoms with E-state index in [0.29, 0.717) is 0 Å². The lowest BCUT2D eigenvalue weighted by Crippen LogP contribution is -2.16. The fourth-order valence-corrected chi connectivity index (χ4v) is 1.77. The molecule has 0 aliphatic carbocycles. The lowest BCUT2D eigenvalue weighted by molar-refractivity contribution is -0.122. The molecule has 3 heteroatoms. The number of hydrogen-bond acceptors (Lipinski definition) is 3. The number of methoxy groups -OCH3 is 1. The molecule has 1 unspecified atom stereocenters. The van der Waals surface area contributed by atoms with E-state index in [-0.39, 0.29) is 12.4 Å². The molecule has 0 spiro atoms. The van der Waals surface area contributed by atoms with Crippen LogP contribution in [0.2, 0.25) is 0 Å². The zero-order chi connectivity index (χ0) is 12.7. The Hall–Kier alpha value is -1.66. The first kappa shape index (κ1) is 13.4. The van der Waals surface area contributed by atoms with Crippen molar-refractivity contribution in [3.63, 3.8) is 0 Å². The van der Waals surface area contributed by atoms with Gasteiger partial charge in [0.15, 0.2) is 5.78 Å². The molecule has 0 N–H and O–H groups in total. The van der Waals surface area contributed by atoms with Gasteiger partial charge in [0.25, 0.3) is 0 Å². The van der Waals surface area contributed by atoms with Gasteiger partial charge in [0, 0.05) is 7.11 Å². The van der Waals surface area contributed by atoms with Crippen molar-refractivity contribution in [1.29, 1.82) is 5.26 Å². The number of aryl methyl sites for hydroxylation is 1. The minimum atomic E-state index is -0.716. The Kier molecular flexibility index (Phi) is 5.38. The summed E-state index contributed by atoms with van der Waals surface area (Å²) in [6.07, 6.45) is 2.01. The minimum Gasteiger partial charge on any atom is -0.377 e. The third kappa shape index (κ3) is 3.69. The van der Waals surface area contributed by atoms with Gasteiger partial charge in [0.1, 0.15) is 12.5 Å². The maximum Gasteiger partial charge on any atom is 0.179 e. The molecule has 90 valence electrons. The SMILES string of the molecule is CCCc1cccc(C(C#N)C(=O)COC)c1. The zero-order valence-electron chi connectivity index (χ0n) is 10.3. The number of carbonyl (C=O) groups excluding carboxylic acids is 1. The van der Waals surface area contributed by atoms with Crippen molar-refractivity contribution in [3.8, 4) is 6.07 Å². The van der Waals surface area contributed by atoms with Gasteiger partial charge in [-0.15, -0.1) is 0 Å². The Morgan fingerprint density at radius 3 is 2.88 bits per heavy atom. The van der Waals surface area contributed by atoms with E-state index in [1.807, 2.05) is 30.3 Å². The minimum absolute atomic E-state index is 0.0176. The summed E-state index contributed by atoms with van der Waals surface area (Å²) in [5, 5.41) is 9.07. The number of benzene rings is 1. The number of carbonyl (C=O) groups is 1. The van der Waals surface area contributed by atoms with Gasteiger partial charge >= 0.3 is 0 Å². The smallest absolute Gasteiger partial charge is 0.179 e. The Bertz CT molecular complexity index is 420. The van der Waals surface area contributed by atoms with Gasteiger partial charge in [-0.3, -0.25) is 4.79 Å². The van der Waals surface area contributed by atoms with E-state index < -0.39 is 5.92 Å². The van der Waals surface area contributed by atoms with Crippen LogP contribution in [0.15, 0.2) is 24.3 Å². The summed E-state index contributed by atoms with van der Waals surface area (Å²) in [6, 6.07) is 9.71. The average molecular weight is 231 g/mol. The third-order valence-corrected chi connectivity index (χ3v) is 2.56. The Labute approximate surface area is 102 Å². The summed E-state index contributed by atoms with van der Waals surface area (Å²) >= 11 is 0. The van der Waals surface area contributed by atoms with Crippen molar-refractivity contribution < 1.29 is 9.53 Å². The highest BCUT2D eigenvalue weighted by atomic mass is 16.5. The van der Waals surface area contributed by atoms with Gasteiger partial charge in [-0.2, -0.15) is 5.26 Å². The highest BCUT2D eigenvalue weighted by Gasteiger charge is 2.19. The molecule has 0 heterocycles. The highest BCUT2D eigenvalue weighted by molar-refractivity contribution is 5.89. The van der Waals surface area contributed by atoms with Crippen LogP contribution >= 0.6 is 0 Å². The van der Waals surface area contributed by atoms with Gasteiger partial charge in [-0.25, -0.2) is 0 Å². The van der Waals surface area contributed by atoms with Crippen molar-refractivity contribution in [2.24, 2.45) is 0 Å². The molecule has 0 aliphatic heterocycles. The van der Waals surface area contributed by atoms with Crippen LogP contribution in [-0.4, -0.2) is 19.5 Å². The molecule has 0 bridgehead atoms. The summed E-state index contributed by atoms with van der Waals surface area (Å²) in [5.74, 6) is -0.907. The van der Waals surface area contributed by atoms with E-state index in [2.05, 4.69) is 6.92 Å². The van der Waals surface area contributed by atoms with Crippen molar-refractivity contribution in [3.05, 3.63) is 35.4 Å². The van der Waals surface area contributed by atoms with Crippen LogP contribution in [0.1, 0.15) is 30.4 Å². The molecular weight excluding hydrogens is 214 g/mol. The first-order valence-electron chi connectivity index (χ1n) is 5.73. The second-order valence-electron chi connectivity index (χ2n) is 3.96. The molecule has 3 nitrogen and oxygen atoms in total. The standard InChI is InChI=1S/C14H17NO2/c1-3-5-11-6-4-7-12(8-11)13(9-15)14(16)10-17-2/h4,6-8,13H,3,5,10H2,1-2H3.